The fraction of sp³-hybridized carbons (Fsp3) is 0.261. The molecule has 0 saturated carbocycles. The summed E-state index contributed by atoms with van der Waals surface area (Å²) < 4.78 is 16.1. The van der Waals surface area contributed by atoms with Crippen LogP contribution in [-0.2, 0) is 0 Å². The molecular weight excluding hydrogens is 418 g/mol. The summed E-state index contributed by atoms with van der Waals surface area (Å²) in [7, 11) is 4.47. The standard InChI is InChI=1S/C23H25NO6S/c1-28-19-8-14(9-20(29-2)23(19)30-3)22(27)21(31-13-16(26)12-25)10-15-11-24-18-7-5-4-6-17(15)18/h4-11,16,24-26H,12-13H2,1-3H3/b21-10-. The number of benzene rings is 2. The molecule has 0 saturated heterocycles. The van der Waals surface area contributed by atoms with E-state index in [-0.39, 0.29) is 18.1 Å². The fourth-order valence-corrected chi connectivity index (χ4v) is 4.06. The van der Waals surface area contributed by atoms with E-state index in [1.807, 2.05) is 30.5 Å². The molecule has 2 aromatic carbocycles. The third-order valence-electron chi connectivity index (χ3n) is 4.70. The van der Waals surface area contributed by atoms with E-state index in [1.54, 1.807) is 18.2 Å². The van der Waals surface area contributed by atoms with Crippen molar-refractivity contribution in [1.29, 1.82) is 0 Å². The molecule has 3 rings (SSSR count). The van der Waals surface area contributed by atoms with Gasteiger partial charge in [-0.2, -0.15) is 0 Å². The highest BCUT2D eigenvalue weighted by Gasteiger charge is 2.21. The van der Waals surface area contributed by atoms with Gasteiger partial charge in [0.2, 0.25) is 5.75 Å². The average molecular weight is 444 g/mol. The Morgan fingerprint density at radius 2 is 1.81 bits per heavy atom. The number of thioether (sulfide) groups is 1. The molecule has 7 nitrogen and oxygen atoms in total. The molecule has 31 heavy (non-hydrogen) atoms. The second-order valence-electron chi connectivity index (χ2n) is 6.69. The van der Waals surface area contributed by atoms with Gasteiger partial charge in [0.05, 0.1) is 38.9 Å². The molecule has 1 aromatic heterocycles. The van der Waals surface area contributed by atoms with Gasteiger partial charge in [0.15, 0.2) is 17.3 Å². The third kappa shape index (κ3) is 5.04. The first-order chi connectivity index (χ1) is 15.0. The number of para-hydroxylation sites is 1. The number of H-pyrrole nitrogens is 1. The zero-order valence-corrected chi connectivity index (χ0v) is 18.4. The van der Waals surface area contributed by atoms with E-state index < -0.39 is 6.10 Å². The summed E-state index contributed by atoms with van der Waals surface area (Å²) in [6.07, 6.45) is 2.67. The average Bonchev–Trinajstić information content (AvgIpc) is 3.22. The Morgan fingerprint density at radius 3 is 2.42 bits per heavy atom. The predicted octanol–water partition coefficient (Wildman–Crippen LogP) is 3.50. The van der Waals surface area contributed by atoms with E-state index in [4.69, 9.17) is 14.2 Å². The Hall–Kier alpha value is -2.94. The number of Topliss-reactive ketones (excluding diaryl/α,β-unsaturated/α-hetero) is 1. The highest BCUT2D eigenvalue weighted by Crippen LogP contribution is 2.39. The van der Waals surface area contributed by atoms with Crippen LogP contribution in [0.2, 0.25) is 0 Å². The van der Waals surface area contributed by atoms with Crippen molar-refractivity contribution < 1.29 is 29.2 Å². The number of ether oxygens (including phenoxy) is 3. The molecule has 0 radical (unpaired) electrons. The van der Waals surface area contributed by atoms with Crippen LogP contribution >= 0.6 is 11.8 Å². The summed E-state index contributed by atoms with van der Waals surface area (Å²) in [5, 5.41) is 20.0. The highest BCUT2D eigenvalue weighted by molar-refractivity contribution is 8.04. The maximum absolute atomic E-state index is 13.4. The molecule has 1 unspecified atom stereocenters. The van der Waals surface area contributed by atoms with Crippen LogP contribution in [0.1, 0.15) is 15.9 Å². The van der Waals surface area contributed by atoms with E-state index in [2.05, 4.69) is 4.98 Å². The fourth-order valence-electron chi connectivity index (χ4n) is 3.12. The van der Waals surface area contributed by atoms with Gasteiger partial charge in [-0.15, -0.1) is 11.8 Å². The normalized spacial score (nSPS) is 12.6. The second-order valence-corrected chi connectivity index (χ2v) is 7.75. The monoisotopic (exact) mass is 443 g/mol. The summed E-state index contributed by atoms with van der Waals surface area (Å²) >= 11 is 1.18. The molecule has 1 atom stereocenters. The number of aliphatic hydroxyl groups is 2. The molecule has 0 aliphatic heterocycles. The van der Waals surface area contributed by atoms with Crippen molar-refractivity contribution in [3.63, 3.8) is 0 Å². The first-order valence-corrected chi connectivity index (χ1v) is 10.5. The van der Waals surface area contributed by atoms with Crippen LogP contribution in [0.4, 0.5) is 0 Å². The van der Waals surface area contributed by atoms with E-state index in [0.717, 1.165) is 16.5 Å². The van der Waals surface area contributed by atoms with Crippen molar-refractivity contribution in [2.45, 2.75) is 6.10 Å². The van der Waals surface area contributed by atoms with E-state index in [0.29, 0.717) is 27.7 Å². The van der Waals surface area contributed by atoms with E-state index in [1.165, 1.54) is 33.1 Å². The second kappa shape index (κ2) is 10.4. The minimum Gasteiger partial charge on any atom is -0.493 e. The van der Waals surface area contributed by atoms with Crippen molar-refractivity contribution in [1.82, 2.24) is 4.98 Å². The number of fused-ring (bicyclic) bond motifs is 1. The lowest BCUT2D eigenvalue weighted by atomic mass is 10.1. The lowest BCUT2D eigenvalue weighted by Crippen LogP contribution is -2.16. The van der Waals surface area contributed by atoms with Crippen LogP contribution in [0, 0.1) is 0 Å². The summed E-state index contributed by atoms with van der Waals surface area (Å²) in [6.45, 7) is -0.383. The molecule has 3 aromatic rings. The summed E-state index contributed by atoms with van der Waals surface area (Å²) in [6, 6.07) is 11.0. The van der Waals surface area contributed by atoms with Crippen LogP contribution in [0.25, 0.3) is 17.0 Å². The largest absolute Gasteiger partial charge is 0.493 e. The van der Waals surface area contributed by atoms with Crippen molar-refractivity contribution in [2.24, 2.45) is 0 Å². The molecule has 0 amide bonds. The maximum Gasteiger partial charge on any atom is 0.203 e. The van der Waals surface area contributed by atoms with Crippen LogP contribution in [0.3, 0.4) is 0 Å². The number of carbonyl (C=O) groups excluding carboxylic acids is 1. The van der Waals surface area contributed by atoms with E-state index >= 15 is 0 Å². The van der Waals surface area contributed by atoms with Crippen molar-refractivity contribution in [3.05, 3.63) is 58.6 Å². The lowest BCUT2D eigenvalue weighted by molar-refractivity contribution is 0.104. The molecule has 0 bridgehead atoms. The number of allylic oxidation sites excluding steroid dienone is 1. The number of carbonyl (C=O) groups is 1. The molecule has 0 aliphatic rings. The quantitative estimate of drug-likeness (QED) is 0.326. The number of hydrogen-bond donors (Lipinski definition) is 3. The Morgan fingerprint density at radius 1 is 1.13 bits per heavy atom. The number of aromatic amines is 1. The summed E-state index contributed by atoms with van der Waals surface area (Å²) in [4.78, 5) is 17.0. The first kappa shape index (κ1) is 22.7. The van der Waals surface area contributed by atoms with Gasteiger partial charge in [-0.25, -0.2) is 0 Å². The number of aliphatic hydroxyl groups excluding tert-OH is 2. The Labute approximate surface area is 184 Å². The first-order valence-electron chi connectivity index (χ1n) is 9.56. The topological polar surface area (TPSA) is 101 Å². The predicted molar refractivity (Wildman–Crippen MR) is 122 cm³/mol. The lowest BCUT2D eigenvalue weighted by Gasteiger charge is -2.15. The summed E-state index contributed by atoms with van der Waals surface area (Å²) in [5.74, 6) is 1.04. The number of nitrogens with one attached hydrogen (secondary N) is 1. The van der Waals surface area contributed by atoms with E-state index in [9.17, 15) is 15.0 Å². The van der Waals surface area contributed by atoms with Gasteiger partial charge in [0, 0.05) is 34.0 Å². The molecule has 0 aliphatic carbocycles. The zero-order valence-electron chi connectivity index (χ0n) is 17.5. The van der Waals surface area contributed by atoms with Crippen molar-refractivity contribution in [3.8, 4) is 17.2 Å². The van der Waals surface area contributed by atoms with Crippen LogP contribution in [-0.4, -0.2) is 60.8 Å². The summed E-state index contributed by atoms with van der Waals surface area (Å²) in [5.41, 5.74) is 2.15. The van der Waals surface area contributed by atoms with Crippen molar-refractivity contribution >= 4 is 34.5 Å². The van der Waals surface area contributed by atoms with Gasteiger partial charge in [-0.05, 0) is 24.3 Å². The molecule has 8 heteroatoms. The number of hydrogen-bond acceptors (Lipinski definition) is 7. The Bertz CT molecular complexity index is 1070. The molecule has 3 N–H and O–H groups in total. The SMILES string of the molecule is COc1cc(C(=O)/C(=C/c2c[nH]c3ccccc23)SCC(O)CO)cc(OC)c1OC. The maximum atomic E-state index is 13.4. The number of aromatic nitrogens is 1. The minimum absolute atomic E-state index is 0.168. The van der Waals surface area contributed by atoms with Gasteiger partial charge in [-0.3, -0.25) is 4.79 Å². The van der Waals surface area contributed by atoms with Gasteiger partial charge in [0.25, 0.3) is 0 Å². The number of methoxy groups -OCH3 is 3. The van der Waals surface area contributed by atoms with Crippen LogP contribution in [0.15, 0.2) is 47.5 Å². The molecule has 1 heterocycles. The van der Waals surface area contributed by atoms with Crippen molar-refractivity contribution in [2.75, 3.05) is 33.7 Å². The molecular formula is C23H25NO6S. The number of rotatable bonds is 10. The Kier molecular flexibility index (Phi) is 7.62. The zero-order chi connectivity index (χ0) is 22.4. The number of ketones is 1. The van der Waals surface area contributed by atoms with Gasteiger partial charge in [0.1, 0.15) is 0 Å². The molecule has 0 spiro atoms. The molecule has 0 fully saturated rings. The smallest absolute Gasteiger partial charge is 0.203 e. The highest BCUT2D eigenvalue weighted by atomic mass is 32.2. The molecule has 164 valence electrons. The Balaban J connectivity index is 2.06. The van der Waals surface area contributed by atoms with Gasteiger partial charge in [-0.1, -0.05) is 18.2 Å². The van der Waals surface area contributed by atoms with Gasteiger partial charge >= 0.3 is 0 Å². The van der Waals surface area contributed by atoms with Gasteiger partial charge < -0.3 is 29.4 Å². The third-order valence-corrected chi connectivity index (χ3v) is 5.87. The minimum atomic E-state index is -0.941. The van der Waals surface area contributed by atoms with Crippen LogP contribution in [0.5, 0.6) is 17.2 Å². The van der Waals surface area contributed by atoms with Crippen LogP contribution < -0.4 is 14.2 Å².